The standard InChI is InChI=1S/C21H18Cl2N2O2/c1-13-6-7-14(2)16(10-13)12-25-11-15(8-9-19(25)26)21(27)24-18-5-3-4-17(22)20(18)23/h3-11H,12H2,1-2H3,(H,24,27). The van der Waals surface area contributed by atoms with Gasteiger partial charge in [-0.25, -0.2) is 0 Å². The van der Waals surface area contributed by atoms with Crippen LogP contribution in [0.2, 0.25) is 10.0 Å². The van der Waals surface area contributed by atoms with Gasteiger partial charge in [0.25, 0.3) is 11.5 Å². The van der Waals surface area contributed by atoms with Crippen molar-refractivity contribution < 1.29 is 4.79 Å². The van der Waals surface area contributed by atoms with Crippen molar-refractivity contribution >= 4 is 34.8 Å². The number of benzene rings is 2. The molecular formula is C21H18Cl2N2O2. The molecule has 0 fully saturated rings. The van der Waals surface area contributed by atoms with E-state index >= 15 is 0 Å². The Bertz CT molecular complexity index is 1070. The third-order valence-corrected chi connectivity index (χ3v) is 5.11. The Balaban J connectivity index is 1.88. The summed E-state index contributed by atoms with van der Waals surface area (Å²) in [5, 5.41) is 3.36. The molecule has 0 radical (unpaired) electrons. The summed E-state index contributed by atoms with van der Waals surface area (Å²) < 4.78 is 1.52. The lowest BCUT2D eigenvalue weighted by Crippen LogP contribution is -2.23. The molecule has 6 heteroatoms. The molecule has 1 N–H and O–H groups in total. The van der Waals surface area contributed by atoms with E-state index in [0.29, 0.717) is 22.8 Å². The van der Waals surface area contributed by atoms with Crippen LogP contribution in [0.25, 0.3) is 0 Å². The first-order chi connectivity index (χ1) is 12.8. The molecule has 2 aromatic carbocycles. The number of halogens is 2. The van der Waals surface area contributed by atoms with Gasteiger partial charge >= 0.3 is 0 Å². The number of pyridine rings is 1. The molecule has 0 saturated heterocycles. The molecule has 1 aromatic heterocycles. The van der Waals surface area contributed by atoms with Crippen LogP contribution in [0.5, 0.6) is 0 Å². The normalized spacial score (nSPS) is 10.7. The number of carbonyl (C=O) groups is 1. The molecule has 4 nitrogen and oxygen atoms in total. The molecule has 0 atom stereocenters. The zero-order valence-corrected chi connectivity index (χ0v) is 16.4. The smallest absolute Gasteiger partial charge is 0.257 e. The van der Waals surface area contributed by atoms with Gasteiger partial charge in [0.05, 0.1) is 27.8 Å². The van der Waals surface area contributed by atoms with Crippen molar-refractivity contribution in [2.45, 2.75) is 20.4 Å². The molecule has 27 heavy (non-hydrogen) atoms. The lowest BCUT2D eigenvalue weighted by molar-refractivity contribution is 0.102. The van der Waals surface area contributed by atoms with Crippen LogP contribution < -0.4 is 10.9 Å². The molecule has 0 aliphatic rings. The van der Waals surface area contributed by atoms with Gasteiger partial charge in [0.15, 0.2) is 0 Å². The Labute approximate surface area is 167 Å². The van der Waals surface area contributed by atoms with E-state index in [2.05, 4.69) is 5.32 Å². The number of aryl methyl sites for hydroxylation is 2. The molecule has 0 saturated carbocycles. The molecular weight excluding hydrogens is 383 g/mol. The van der Waals surface area contributed by atoms with E-state index in [1.54, 1.807) is 24.4 Å². The van der Waals surface area contributed by atoms with E-state index in [1.807, 2.05) is 32.0 Å². The summed E-state index contributed by atoms with van der Waals surface area (Å²) in [6, 6.07) is 14.0. The second kappa shape index (κ2) is 7.99. The average Bonchev–Trinajstić information content (AvgIpc) is 2.63. The number of aromatic nitrogens is 1. The molecule has 3 rings (SSSR count). The largest absolute Gasteiger partial charge is 0.321 e. The maximum Gasteiger partial charge on any atom is 0.257 e. The quantitative estimate of drug-likeness (QED) is 0.664. The number of anilines is 1. The lowest BCUT2D eigenvalue weighted by atomic mass is 10.1. The summed E-state index contributed by atoms with van der Waals surface area (Å²) in [6.07, 6.45) is 1.55. The van der Waals surface area contributed by atoms with Gasteiger partial charge in [-0.15, -0.1) is 0 Å². The third-order valence-electron chi connectivity index (χ3n) is 4.29. The van der Waals surface area contributed by atoms with Crippen LogP contribution in [0.4, 0.5) is 5.69 Å². The molecule has 0 aliphatic carbocycles. The minimum Gasteiger partial charge on any atom is -0.321 e. The SMILES string of the molecule is Cc1ccc(C)c(Cn2cc(C(=O)Nc3cccc(Cl)c3Cl)ccc2=O)c1. The molecule has 0 unspecified atom stereocenters. The van der Waals surface area contributed by atoms with Crippen LogP contribution in [0, 0.1) is 13.8 Å². The molecule has 0 aliphatic heterocycles. The Hall–Kier alpha value is -2.56. The van der Waals surface area contributed by atoms with Crippen LogP contribution in [-0.4, -0.2) is 10.5 Å². The van der Waals surface area contributed by atoms with Crippen molar-refractivity contribution in [3.8, 4) is 0 Å². The first-order valence-corrected chi connectivity index (χ1v) is 9.13. The minimum absolute atomic E-state index is 0.173. The zero-order chi connectivity index (χ0) is 19.6. The van der Waals surface area contributed by atoms with Gasteiger partial charge in [0.1, 0.15) is 0 Å². The van der Waals surface area contributed by atoms with E-state index in [9.17, 15) is 9.59 Å². The predicted molar refractivity (Wildman–Crippen MR) is 110 cm³/mol. The van der Waals surface area contributed by atoms with Crippen LogP contribution in [0.15, 0.2) is 59.5 Å². The number of hydrogen-bond acceptors (Lipinski definition) is 2. The zero-order valence-electron chi connectivity index (χ0n) is 14.9. The Morgan fingerprint density at radius 1 is 1.07 bits per heavy atom. The summed E-state index contributed by atoms with van der Waals surface area (Å²) in [6.45, 7) is 4.40. The van der Waals surface area contributed by atoms with Gasteiger partial charge in [0.2, 0.25) is 0 Å². The molecule has 1 heterocycles. The van der Waals surface area contributed by atoms with E-state index in [4.69, 9.17) is 23.2 Å². The highest BCUT2D eigenvalue weighted by Gasteiger charge is 2.12. The van der Waals surface area contributed by atoms with Gasteiger partial charge in [-0.05, 0) is 43.2 Å². The molecule has 0 bridgehead atoms. The van der Waals surface area contributed by atoms with Gasteiger partial charge in [-0.3, -0.25) is 9.59 Å². The number of rotatable bonds is 4. The van der Waals surface area contributed by atoms with E-state index in [1.165, 1.54) is 16.7 Å². The molecule has 0 spiro atoms. The van der Waals surface area contributed by atoms with E-state index < -0.39 is 0 Å². The first-order valence-electron chi connectivity index (χ1n) is 8.37. The fourth-order valence-electron chi connectivity index (χ4n) is 2.74. The second-order valence-corrected chi connectivity index (χ2v) is 7.15. The molecule has 3 aromatic rings. The van der Waals surface area contributed by atoms with Crippen molar-refractivity contribution in [1.82, 2.24) is 4.57 Å². The van der Waals surface area contributed by atoms with Crippen molar-refractivity contribution in [2.24, 2.45) is 0 Å². The average molecular weight is 401 g/mol. The first kappa shape index (κ1) is 19.2. The highest BCUT2D eigenvalue weighted by molar-refractivity contribution is 6.44. The Morgan fingerprint density at radius 2 is 1.85 bits per heavy atom. The van der Waals surface area contributed by atoms with Crippen LogP contribution >= 0.6 is 23.2 Å². The minimum atomic E-state index is -0.367. The summed E-state index contributed by atoms with van der Waals surface area (Å²) >= 11 is 12.1. The van der Waals surface area contributed by atoms with Gasteiger partial charge in [0, 0.05) is 12.3 Å². The van der Waals surface area contributed by atoms with Gasteiger partial charge in [-0.1, -0.05) is 53.0 Å². The Kier molecular flexibility index (Phi) is 5.68. The van der Waals surface area contributed by atoms with Crippen molar-refractivity contribution in [2.75, 3.05) is 5.32 Å². The van der Waals surface area contributed by atoms with E-state index in [0.717, 1.165) is 16.7 Å². The molecule has 138 valence electrons. The maximum atomic E-state index is 12.6. The third kappa shape index (κ3) is 4.41. The molecule has 1 amide bonds. The number of nitrogens with one attached hydrogen (secondary N) is 1. The topological polar surface area (TPSA) is 51.1 Å². The number of amides is 1. The summed E-state index contributed by atoms with van der Waals surface area (Å²) in [5.74, 6) is -0.367. The lowest BCUT2D eigenvalue weighted by Gasteiger charge is -2.12. The van der Waals surface area contributed by atoms with Crippen molar-refractivity contribution in [1.29, 1.82) is 0 Å². The fraction of sp³-hybridized carbons (Fsp3) is 0.143. The van der Waals surface area contributed by atoms with Crippen molar-refractivity contribution in [3.63, 3.8) is 0 Å². The summed E-state index contributed by atoms with van der Waals surface area (Å²) in [5.41, 5.74) is 3.85. The number of hydrogen-bond donors (Lipinski definition) is 1. The highest BCUT2D eigenvalue weighted by atomic mass is 35.5. The van der Waals surface area contributed by atoms with Gasteiger partial charge in [-0.2, -0.15) is 0 Å². The second-order valence-electron chi connectivity index (χ2n) is 6.37. The number of nitrogens with zero attached hydrogens (tertiary/aromatic N) is 1. The van der Waals surface area contributed by atoms with Gasteiger partial charge < -0.3 is 9.88 Å². The fourth-order valence-corrected chi connectivity index (χ4v) is 3.09. The van der Waals surface area contributed by atoms with E-state index in [-0.39, 0.29) is 16.5 Å². The monoisotopic (exact) mass is 400 g/mol. The number of carbonyl (C=O) groups excluding carboxylic acids is 1. The summed E-state index contributed by atoms with van der Waals surface area (Å²) in [7, 11) is 0. The Morgan fingerprint density at radius 3 is 2.63 bits per heavy atom. The highest BCUT2D eigenvalue weighted by Crippen LogP contribution is 2.29. The maximum absolute atomic E-state index is 12.6. The van der Waals surface area contributed by atoms with Crippen LogP contribution in [0.1, 0.15) is 27.0 Å². The van der Waals surface area contributed by atoms with Crippen LogP contribution in [0.3, 0.4) is 0 Å². The summed E-state index contributed by atoms with van der Waals surface area (Å²) in [4.78, 5) is 24.8. The predicted octanol–water partition coefficient (Wildman–Crippen LogP) is 5.07. The van der Waals surface area contributed by atoms with Crippen LogP contribution in [-0.2, 0) is 6.54 Å². The van der Waals surface area contributed by atoms with Crippen molar-refractivity contribution in [3.05, 3.63) is 97.4 Å².